The number of aliphatic hydroxyl groups excluding tert-OH is 1. The summed E-state index contributed by atoms with van der Waals surface area (Å²) in [5.74, 6) is 1.54. The molecule has 2 heterocycles. The molecule has 10 nitrogen and oxygen atoms in total. The molecule has 0 spiro atoms. The van der Waals surface area contributed by atoms with Gasteiger partial charge in [0.25, 0.3) is 5.89 Å². The maximum Gasteiger partial charge on any atom is 0.263 e. The summed E-state index contributed by atoms with van der Waals surface area (Å²) in [4.78, 5) is 13.8. The van der Waals surface area contributed by atoms with Crippen LogP contribution >= 0.6 is 0 Å². The van der Waals surface area contributed by atoms with Gasteiger partial charge in [0.15, 0.2) is 15.7 Å². The number of nitrogens with zero attached hydrogens (tertiary/aromatic N) is 4. The molecule has 11 heteroatoms. The number of aromatic nitrogens is 4. The lowest BCUT2D eigenvalue weighted by Gasteiger charge is -2.19. The maximum atomic E-state index is 11.9. The highest BCUT2D eigenvalue weighted by Crippen LogP contribution is 2.30. The van der Waals surface area contributed by atoms with Crippen molar-refractivity contribution in [3.8, 4) is 11.5 Å². The first-order valence-electron chi connectivity index (χ1n) is 11.4. The van der Waals surface area contributed by atoms with Crippen molar-refractivity contribution < 1.29 is 18.0 Å². The van der Waals surface area contributed by atoms with Crippen LogP contribution in [0.1, 0.15) is 42.8 Å². The van der Waals surface area contributed by atoms with Gasteiger partial charge in [0.05, 0.1) is 17.5 Å². The molecule has 0 radical (unpaired) electrons. The van der Waals surface area contributed by atoms with Crippen LogP contribution in [0, 0.1) is 6.92 Å². The number of nitrogens with one attached hydrogen (secondary N) is 2. The van der Waals surface area contributed by atoms with Crippen LogP contribution in [0.4, 0.5) is 17.5 Å². The zero-order chi connectivity index (χ0) is 25.9. The number of aryl methyl sites for hydroxylation is 1. The standard InChI is InChI=1S/C25H28N6O4S/c1-15(2)22-29-24(35-31-22)19-13-26-25(27-18-10-11-21(16(3)12-18)36(4,33)34)30-23(19)28-20(14-32)17-8-6-5-7-9-17/h5-13,15,20,32H,14H2,1-4H3,(H2,26,27,28,30)/t20-/m1/s1. The van der Waals surface area contributed by atoms with Crippen LogP contribution in [0.3, 0.4) is 0 Å². The highest BCUT2D eigenvalue weighted by Gasteiger charge is 2.21. The van der Waals surface area contributed by atoms with E-state index < -0.39 is 15.9 Å². The van der Waals surface area contributed by atoms with Crippen LogP contribution in [0.15, 0.2) is 64.1 Å². The van der Waals surface area contributed by atoms with Gasteiger partial charge in [0, 0.05) is 24.1 Å². The summed E-state index contributed by atoms with van der Waals surface area (Å²) in [7, 11) is -3.33. The second-order valence-electron chi connectivity index (χ2n) is 8.74. The first kappa shape index (κ1) is 25.3. The smallest absolute Gasteiger partial charge is 0.263 e. The Balaban J connectivity index is 1.71. The molecule has 0 bridgehead atoms. The van der Waals surface area contributed by atoms with E-state index in [1.807, 2.05) is 44.2 Å². The Hall–Kier alpha value is -3.83. The van der Waals surface area contributed by atoms with Crippen molar-refractivity contribution in [3.05, 3.63) is 71.7 Å². The van der Waals surface area contributed by atoms with Gasteiger partial charge in [-0.3, -0.25) is 0 Å². The molecule has 0 amide bonds. The number of rotatable bonds is 9. The van der Waals surface area contributed by atoms with E-state index in [9.17, 15) is 13.5 Å². The molecule has 188 valence electrons. The summed E-state index contributed by atoms with van der Waals surface area (Å²) < 4.78 is 29.3. The molecule has 0 aliphatic heterocycles. The summed E-state index contributed by atoms with van der Waals surface area (Å²) >= 11 is 0. The molecule has 0 fully saturated rings. The van der Waals surface area contributed by atoms with E-state index in [0.717, 1.165) is 5.56 Å². The van der Waals surface area contributed by atoms with E-state index in [0.29, 0.717) is 28.5 Å². The summed E-state index contributed by atoms with van der Waals surface area (Å²) in [6.45, 7) is 5.48. The molecule has 0 unspecified atom stereocenters. The number of sulfone groups is 1. The number of hydrogen-bond acceptors (Lipinski definition) is 10. The zero-order valence-electron chi connectivity index (χ0n) is 20.4. The minimum absolute atomic E-state index is 0.0772. The third-order valence-corrected chi connectivity index (χ3v) is 6.76. The third-order valence-electron chi connectivity index (χ3n) is 5.50. The topological polar surface area (TPSA) is 143 Å². The fraction of sp³-hybridized carbons (Fsp3) is 0.280. The first-order chi connectivity index (χ1) is 17.2. The van der Waals surface area contributed by atoms with E-state index in [1.165, 1.54) is 6.26 Å². The largest absolute Gasteiger partial charge is 0.394 e. The molecular weight excluding hydrogens is 480 g/mol. The fourth-order valence-corrected chi connectivity index (χ4v) is 4.60. The van der Waals surface area contributed by atoms with Crippen molar-refractivity contribution in [1.82, 2.24) is 20.1 Å². The van der Waals surface area contributed by atoms with Crippen molar-refractivity contribution in [2.75, 3.05) is 23.5 Å². The van der Waals surface area contributed by atoms with Crippen LogP contribution < -0.4 is 10.6 Å². The van der Waals surface area contributed by atoms with Gasteiger partial charge in [-0.05, 0) is 36.2 Å². The Morgan fingerprint density at radius 1 is 1.08 bits per heavy atom. The van der Waals surface area contributed by atoms with Crippen molar-refractivity contribution in [3.63, 3.8) is 0 Å². The zero-order valence-corrected chi connectivity index (χ0v) is 21.2. The van der Waals surface area contributed by atoms with Crippen molar-refractivity contribution in [2.45, 2.75) is 37.6 Å². The Kier molecular flexibility index (Phi) is 7.32. The average Bonchev–Trinajstić information content (AvgIpc) is 3.33. The van der Waals surface area contributed by atoms with Gasteiger partial charge in [-0.1, -0.05) is 49.3 Å². The summed E-state index contributed by atoms with van der Waals surface area (Å²) in [5.41, 5.74) is 2.59. The Labute approximate surface area is 209 Å². The lowest BCUT2D eigenvalue weighted by molar-refractivity contribution is 0.276. The van der Waals surface area contributed by atoms with E-state index in [1.54, 1.807) is 31.3 Å². The Bertz CT molecular complexity index is 1450. The molecule has 0 saturated carbocycles. The fourth-order valence-electron chi connectivity index (χ4n) is 3.64. The lowest BCUT2D eigenvalue weighted by Crippen LogP contribution is -2.17. The van der Waals surface area contributed by atoms with Gasteiger partial charge >= 0.3 is 0 Å². The molecule has 4 aromatic rings. The maximum absolute atomic E-state index is 11.9. The first-order valence-corrected chi connectivity index (χ1v) is 13.3. The monoisotopic (exact) mass is 508 g/mol. The van der Waals surface area contributed by atoms with Gasteiger partial charge in [-0.25, -0.2) is 13.4 Å². The quantitative estimate of drug-likeness (QED) is 0.300. The molecule has 0 aliphatic rings. The predicted octanol–water partition coefficient (Wildman–Crippen LogP) is 4.25. The SMILES string of the molecule is Cc1cc(Nc2ncc(-c3nc(C(C)C)no3)c(N[C@H](CO)c3ccccc3)n2)ccc1S(C)(=O)=O. The highest BCUT2D eigenvalue weighted by molar-refractivity contribution is 7.90. The lowest BCUT2D eigenvalue weighted by atomic mass is 10.1. The molecule has 0 aliphatic carbocycles. The van der Waals surface area contributed by atoms with Crippen molar-refractivity contribution in [2.24, 2.45) is 0 Å². The molecule has 2 aromatic heterocycles. The molecular formula is C25H28N6O4S. The summed E-state index contributed by atoms with van der Waals surface area (Å²) in [5, 5.41) is 20.5. The van der Waals surface area contributed by atoms with Crippen LogP contribution in [-0.2, 0) is 9.84 Å². The number of anilines is 3. The number of aliphatic hydroxyl groups is 1. The number of hydrogen-bond donors (Lipinski definition) is 3. The minimum Gasteiger partial charge on any atom is -0.394 e. The third kappa shape index (κ3) is 5.69. The molecule has 1 atom stereocenters. The van der Waals surface area contributed by atoms with Crippen molar-refractivity contribution >= 4 is 27.3 Å². The molecule has 0 saturated heterocycles. The predicted molar refractivity (Wildman–Crippen MR) is 137 cm³/mol. The van der Waals surface area contributed by atoms with Crippen LogP contribution in [0.5, 0.6) is 0 Å². The Morgan fingerprint density at radius 2 is 1.83 bits per heavy atom. The molecule has 36 heavy (non-hydrogen) atoms. The van der Waals surface area contributed by atoms with Gasteiger partial charge in [-0.2, -0.15) is 9.97 Å². The molecule has 2 aromatic carbocycles. The second-order valence-corrected chi connectivity index (χ2v) is 10.7. The van der Waals surface area contributed by atoms with E-state index in [-0.39, 0.29) is 29.3 Å². The van der Waals surface area contributed by atoms with E-state index >= 15 is 0 Å². The normalized spacial score (nSPS) is 12.5. The van der Waals surface area contributed by atoms with E-state index in [4.69, 9.17) is 4.52 Å². The average molecular weight is 509 g/mol. The van der Waals surface area contributed by atoms with E-state index in [2.05, 4.69) is 30.7 Å². The second kappa shape index (κ2) is 10.4. The molecule has 4 rings (SSSR count). The van der Waals surface area contributed by atoms with Gasteiger partial charge < -0.3 is 20.3 Å². The van der Waals surface area contributed by atoms with Crippen molar-refractivity contribution in [1.29, 1.82) is 0 Å². The van der Waals surface area contributed by atoms with Gasteiger partial charge in [0.2, 0.25) is 5.95 Å². The van der Waals surface area contributed by atoms with Crippen LogP contribution in [0.2, 0.25) is 0 Å². The van der Waals surface area contributed by atoms with Gasteiger partial charge in [-0.15, -0.1) is 0 Å². The molecule has 3 N–H and O–H groups in total. The Morgan fingerprint density at radius 3 is 2.44 bits per heavy atom. The van der Waals surface area contributed by atoms with Crippen LogP contribution in [-0.4, -0.2) is 46.5 Å². The van der Waals surface area contributed by atoms with Gasteiger partial charge in [0.1, 0.15) is 11.4 Å². The number of benzene rings is 2. The summed E-state index contributed by atoms with van der Waals surface area (Å²) in [6.07, 6.45) is 2.74. The minimum atomic E-state index is -3.33. The van der Waals surface area contributed by atoms with Crippen LogP contribution in [0.25, 0.3) is 11.5 Å². The summed E-state index contributed by atoms with van der Waals surface area (Å²) in [6, 6.07) is 14.0. The highest BCUT2D eigenvalue weighted by atomic mass is 32.2.